The molecule has 0 bridgehead atoms. The van der Waals surface area contributed by atoms with E-state index >= 15 is 0 Å². The van der Waals surface area contributed by atoms with Gasteiger partial charge < -0.3 is 15.5 Å². The fraction of sp³-hybridized carbons (Fsp3) is 0.316. The van der Waals surface area contributed by atoms with Crippen molar-refractivity contribution in [3.05, 3.63) is 115 Å². The number of sulfonamides is 1. The minimum Gasteiger partial charge on any atom is -0.398 e. The molecule has 4 aromatic carbocycles. The Bertz CT molecular complexity index is 2470. The molecule has 2 saturated heterocycles. The lowest BCUT2D eigenvalue weighted by Gasteiger charge is -2.27. The summed E-state index contributed by atoms with van der Waals surface area (Å²) >= 11 is 22.6. The SMILES string of the molecule is Nc1cc(Cl)ccc1C(=O)N1CCCCC1.O=C(c1ccc(Cl)cc1NS(=O)(=O)c1ccc(Cl)c(C(F)(F)F)c1)N1CCCCC1.O=S(=O)(Cl)c1ccc(Cl)c(C(F)(F)F)c1. The molecule has 0 spiro atoms. The molecule has 0 radical (unpaired) electrons. The number of nitrogen functional groups attached to an aromatic ring is 1. The number of nitrogens with two attached hydrogens (primary N) is 1. The molecular weight excluding hydrogens is 964 g/mol. The standard InChI is InChI=1S/C19H17Cl2F3N2O3S.C12H15ClN2O.C7H3Cl2F3O2S/c20-12-4-6-14(18(27)26-8-2-1-3-9-26)17(10-12)25-30(28,29)13-5-7-16(21)15(11-13)19(22,23)24;13-9-4-5-10(11(14)8-9)12(16)15-6-2-1-3-7-15;8-6-2-1-4(15(9,13)14)3-5(6)7(10,11)12/h4-7,10-11,25H,1-3,8-9H2;4-5,8H,1-3,6-7,14H2;1-3H. The highest BCUT2D eigenvalue weighted by Gasteiger charge is 2.36. The van der Waals surface area contributed by atoms with E-state index in [1.807, 2.05) is 4.90 Å². The van der Waals surface area contributed by atoms with Crippen LogP contribution in [0.4, 0.5) is 37.7 Å². The van der Waals surface area contributed by atoms with Gasteiger partial charge >= 0.3 is 12.4 Å². The van der Waals surface area contributed by atoms with Crippen LogP contribution >= 0.6 is 57.1 Å². The first-order valence-electron chi connectivity index (χ1n) is 17.9. The first kappa shape index (κ1) is 50.0. The molecule has 0 atom stereocenters. The molecule has 6 rings (SSSR count). The number of hydrogen-bond donors (Lipinski definition) is 2. The van der Waals surface area contributed by atoms with Crippen molar-refractivity contribution in [2.45, 2.75) is 60.7 Å². The minimum atomic E-state index is -4.83. The third-order valence-electron chi connectivity index (χ3n) is 9.07. The van der Waals surface area contributed by atoms with Crippen LogP contribution in [0.3, 0.4) is 0 Å². The van der Waals surface area contributed by atoms with Crippen LogP contribution in [0, 0.1) is 0 Å². The second kappa shape index (κ2) is 20.7. The molecule has 2 aliphatic heterocycles. The lowest BCUT2D eigenvalue weighted by molar-refractivity contribution is -0.138. The zero-order chi connectivity index (χ0) is 45.5. The van der Waals surface area contributed by atoms with E-state index in [4.69, 9.17) is 62.8 Å². The second-order valence-electron chi connectivity index (χ2n) is 13.4. The van der Waals surface area contributed by atoms with E-state index in [-0.39, 0.29) is 28.1 Å². The summed E-state index contributed by atoms with van der Waals surface area (Å²) in [5, 5.41) is -0.473. The third kappa shape index (κ3) is 13.9. The minimum absolute atomic E-state index is 0.0221. The molecule has 332 valence electrons. The number of benzene rings is 4. The quantitative estimate of drug-likeness (QED) is 0.111. The van der Waals surface area contributed by atoms with Crippen molar-refractivity contribution in [3.63, 3.8) is 0 Å². The Morgan fingerprint density at radius 2 is 0.984 bits per heavy atom. The number of alkyl halides is 6. The molecule has 10 nitrogen and oxygen atoms in total. The van der Waals surface area contributed by atoms with Gasteiger partial charge in [0, 0.05) is 52.6 Å². The number of piperidine rings is 2. The Labute approximate surface area is 372 Å². The summed E-state index contributed by atoms with van der Waals surface area (Å²) < 4.78 is 125. The van der Waals surface area contributed by atoms with Crippen molar-refractivity contribution in [3.8, 4) is 0 Å². The zero-order valence-electron chi connectivity index (χ0n) is 31.4. The van der Waals surface area contributed by atoms with Crippen LogP contribution in [0.5, 0.6) is 0 Å². The summed E-state index contributed by atoms with van der Waals surface area (Å²) in [5.41, 5.74) is 4.27. The Balaban J connectivity index is 0.000000222. The number of nitrogens with zero attached hydrogens (tertiary/aromatic N) is 2. The van der Waals surface area contributed by atoms with Crippen molar-refractivity contribution in [1.82, 2.24) is 9.80 Å². The van der Waals surface area contributed by atoms with Gasteiger partial charge in [0.05, 0.1) is 47.8 Å². The summed E-state index contributed by atoms with van der Waals surface area (Å²) in [5.74, 6) is -0.356. The number of likely N-dealkylation sites (tertiary alicyclic amines) is 2. The Morgan fingerprint density at radius 1 is 0.574 bits per heavy atom. The topological polar surface area (TPSA) is 147 Å². The Morgan fingerprint density at radius 3 is 1.43 bits per heavy atom. The highest BCUT2D eigenvalue weighted by molar-refractivity contribution is 8.13. The number of nitrogens with one attached hydrogen (secondary N) is 1. The number of rotatable bonds is 6. The van der Waals surface area contributed by atoms with E-state index in [1.54, 1.807) is 23.1 Å². The van der Waals surface area contributed by atoms with E-state index < -0.39 is 62.4 Å². The summed E-state index contributed by atoms with van der Waals surface area (Å²) in [6, 6.07) is 13.5. The van der Waals surface area contributed by atoms with Gasteiger partial charge in [0.15, 0.2) is 0 Å². The average Bonchev–Trinajstić information content (AvgIpc) is 3.17. The van der Waals surface area contributed by atoms with Crippen molar-refractivity contribution >= 4 is 99.3 Å². The van der Waals surface area contributed by atoms with Gasteiger partial charge in [-0.1, -0.05) is 46.4 Å². The normalized spacial score (nSPS) is 14.9. The fourth-order valence-corrected chi connectivity index (χ4v) is 8.69. The van der Waals surface area contributed by atoms with Gasteiger partial charge in [0.2, 0.25) is 0 Å². The van der Waals surface area contributed by atoms with E-state index in [2.05, 4.69) is 4.72 Å². The van der Waals surface area contributed by atoms with Gasteiger partial charge in [-0.3, -0.25) is 14.3 Å². The van der Waals surface area contributed by atoms with Crippen LogP contribution in [0.2, 0.25) is 20.1 Å². The predicted octanol–water partition coefficient (Wildman–Crippen LogP) is 11.3. The maximum absolute atomic E-state index is 13.1. The van der Waals surface area contributed by atoms with Gasteiger partial charge in [-0.05, 0) is 111 Å². The number of carbonyl (C=O) groups excluding carboxylic acids is 2. The lowest BCUT2D eigenvalue weighted by atomic mass is 10.1. The maximum Gasteiger partial charge on any atom is 0.417 e. The van der Waals surface area contributed by atoms with Crippen LogP contribution in [0.25, 0.3) is 0 Å². The van der Waals surface area contributed by atoms with Crippen LogP contribution in [-0.2, 0) is 31.4 Å². The Hall–Kier alpha value is -3.65. The van der Waals surface area contributed by atoms with E-state index in [9.17, 15) is 52.8 Å². The molecule has 0 saturated carbocycles. The summed E-state index contributed by atoms with van der Waals surface area (Å²) in [7, 11) is -3.75. The molecule has 0 aromatic heterocycles. The fourth-order valence-electron chi connectivity index (χ4n) is 6.02. The van der Waals surface area contributed by atoms with Gasteiger partial charge in [-0.15, -0.1) is 0 Å². The zero-order valence-corrected chi connectivity index (χ0v) is 36.8. The molecule has 61 heavy (non-hydrogen) atoms. The molecule has 23 heteroatoms. The highest BCUT2D eigenvalue weighted by Crippen LogP contribution is 2.38. The van der Waals surface area contributed by atoms with Crippen LogP contribution in [0.1, 0.15) is 70.4 Å². The van der Waals surface area contributed by atoms with Gasteiger partial charge in [-0.25, -0.2) is 16.8 Å². The van der Waals surface area contributed by atoms with Crippen molar-refractivity contribution < 1.29 is 52.8 Å². The average molecular weight is 999 g/mol. The summed E-state index contributed by atoms with van der Waals surface area (Å²) in [4.78, 5) is 27.2. The summed E-state index contributed by atoms with van der Waals surface area (Å²) in [6.07, 6.45) is -3.49. The smallest absolute Gasteiger partial charge is 0.398 e. The number of carbonyl (C=O) groups is 2. The number of hydrogen-bond acceptors (Lipinski definition) is 7. The molecule has 0 aliphatic carbocycles. The molecular formula is C38H35Cl5F6N4O6S2. The Kier molecular flexibility index (Phi) is 17.0. The van der Waals surface area contributed by atoms with Gasteiger partial charge in [0.1, 0.15) is 0 Å². The van der Waals surface area contributed by atoms with E-state index in [0.717, 1.165) is 69.5 Å². The van der Waals surface area contributed by atoms with Crippen LogP contribution < -0.4 is 10.5 Å². The van der Waals surface area contributed by atoms with Crippen LogP contribution in [0.15, 0.2) is 82.6 Å². The van der Waals surface area contributed by atoms with E-state index in [0.29, 0.717) is 41.5 Å². The molecule has 0 unspecified atom stereocenters. The predicted molar refractivity (Wildman–Crippen MR) is 224 cm³/mol. The summed E-state index contributed by atoms with van der Waals surface area (Å²) in [6.45, 7) is 2.75. The number of amides is 2. The lowest BCUT2D eigenvalue weighted by Crippen LogP contribution is -2.36. The first-order valence-corrected chi connectivity index (χ1v) is 23.2. The van der Waals surface area contributed by atoms with Crippen molar-refractivity contribution in [2.75, 3.05) is 36.6 Å². The van der Waals surface area contributed by atoms with E-state index in [1.165, 1.54) is 24.6 Å². The number of halogens is 11. The largest absolute Gasteiger partial charge is 0.417 e. The second-order valence-corrected chi connectivity index (χ2v) is 19.4. The van der Waals surface area contributed by atoms with Gasteiger partial charge in [-0.2, -0.15) is 26.3 Å². The van der Waals surface area contributed by atoms with Gasteiger partial charge in [0.25, 0.3) is 30.9 Å². The monoisotopic (exact) mass is 996 g/mol. The third-order valence-corrected chi connectivity index (χ3v) is 12.9. The van der Waals surface area contributed by atoms with Crippen LogP contribution in [-0.4, -0.2) is 64.6 Å². The maximum atomic E-state index is 13.1. The molecule has 3 N–H and O–H groups in total. The molecule has 2 amide bonds. The molecule has 2 fully saturated rings. The van der Waals surface area contributed by atoms with Crippen molar-refractivity contribution in [1.29, 1.82) is 0 Å². The molecule has 4 aromatic rings. The highest BCUT2D eigenvalue weighted by atomic mass is 35.7. The first-order chi connectivity index (χ1) is 28.3. The van der Waals surface area contributed by atoms with Crippen molar-refractivity contribution in [2.24, 2.45) is 0 Å². The molecule has 2 heterocycles. The number of anilines is 2. The molecule has 2 aliphatic rings.